The molecular weight excluding hydrogens is 284 g/mol. The second-order valence-electron chi connectivity index (χ2n) is 5.98. The molecule has 1 aromatic rings. The van der Waals surface area contributed by atoms with Crippen molar-refractivity contribution in [1.82, 2.24) is 25.0 Å². The largest absolute Gasteiger partial charge is 0.368 e. The third-order valence-electron chi connectivity index (χ3n) is 4.50. The van der Waals surface area contributed by atoms with Crippen LogP contribution in [-0.4, -0.2) is 56.7 Å². The van der Waals surface area contributed by atoms with Gasteiger partial charge in [0.1, 0.15) is 18.2 Å². The number of rotatable bonds is 4. The Hall–Kier alpha value is -1.96. The van der Waals surface area contributed by atoms with E-state index in [1.807, 2.05) is 4.68 Å². The number of aryl methyl sites for hydroxylation is 1. The first-order chi connectivity index (χ1) is 10.6. The number of fused-ring (bicyclic) bond motifs is 1. The van der Waals surface area contributed by atoms with Gasteiger partial charge in [-0.15, -0.1) is 0 Å². The number of hydrogen-bond acceptors (Lipinski definition) is 5. The minimum absolute atomic E-state index is 0.0483. The zero-order valence-electron chi connectivity index (χ0n) is 12.6. The number of carbonyl (C=O) groups is 2. The summed E-state index contributed by atoms with van der Waals surface area (Å²) in [5.41, 5.74) is 5.40. The van der Waals surface area contributed by atoms with Gasteiger partial charge in [0.15, 0.2) is 0 Å². The van der Waals surface area contributed by atoms with Gasteiger partial charge in [-0.1, -0.05) is 0 Å². The van der Waals surface area contributed by atoms with Gasteiger partial charge < -0.3 is 16.0 Å². The predicted octanol–water partition coefficient (Wildman–Crippen LogP) is -0.951. The molecule has 0 spiro atoms. The maximum Gasteiger partial charge on any atom is 0.240 e. The molecule has 8 heteroatoms. The van der Waals surface area contributed by atoms with Crippen molar-refractivity contribution in [2.24, 2.45) is 5.73 Å². The van der Waals surface area contributed by atoms with E-state index in [2.05, 4.69) is 15.4 Å². The van der Waals surface area contributed by atoms with Gasteiger partial charge in [0.2, 0.25) is 11.8 Å². The molecule has 0 aromatic carbocycles. The third kappa shape index (κ3) is 3.11. The molecule has 0 aliphatic carbocycles. The van der Waals surface area contributed by atoms with Crippen LogP contribution in [0.4, 0.5) is 0 Å². The number of aromatic nitrogens is 3. The van der Waals surface area contributed by atoms with E-state index in [-0.39, 0.29) is 18.5 Å². The van der Waals surface area contributed by atoms with Gasteiger partial charge in [-0.2, -0.15) is 5.10 Å². The molecule has 3 heterocycles. The lowest BCUT2D eigenvalue weighted by molar-refractivity contribution is -0.140. The molecule has 22 heavy (non-hydrogen) atoms. The summed E-state index contributed by atoms with van der Waals surface area (Å²) in [6.07, 6.45) is 5.91. The number of likely N-dealkylation sites (tertiary alicyclic amines) is 1. The number of primary amides is 1. The fourth-order valence-corrected chi connectivity index (χ4v) is 3.26. The van der Waals surface area contributed by atoms with Crippen molar-refractivity contribution in [3.63, 3.8) is 0 Å². The summed E-state index contributed by atoms with van der Waals surface area (Å²) < 4.78 is 1.87. The first-order valence-electron chi connectivity index (χ1n) is 7.84. The number of carbonyl (C=O) groups excluding carboxylic acids is 2. The van der Waals surface area contributed by atoms with Crippen molar-refractivity contribution in [1.29, 1.82) is 0 Å². The molecular formula is C14H22N6O2. The second-order valence-corrected chi connectivity index (χ2v) is 5.98. The Morgan fingerprint density at radius 2 is 2.23 bits per heavy atom. The van der Waals surface area contributed by atoms with Crippen LogP contribution in [0.3, 0.4) is 0 Å². The lowest BCUT2D eigenvalue weighted by Crippen LogP contribution is -2.53. The van der Waals surface area contributed by atoms with Crippen molar-refractivity contribution in [3.05, 3.63) is 12.2 Å². The normalized spacial score (nSPS) is 24.8. The first kappa shape index (κ1) is 15.0. The van der Waals surface area contributed by atoms with E-state index in [0.717, 1.165) is 38.1 Å². The Balaban J connectivity index is 1.53. The van der Waals surface area contributed by atoms with E-state index in [1.165, 1.54) is 0 Å². The van der Waals surface area contributed by atoms with E-state index in [0.29, 0.717) is 13.0 Å². The third-order valence-corrected chi connectivity index (χ3v) is 4.50. The molecule has 1 fully saturated rings. The molecule has 1 aromatic heterocycles. The van der Waals surface area contributed by atoms with Crippen LogP contribution in [0, 0.1) is 0 Å². The number of nitrogens with two attached hydrogens (primary N) is 1. The highest BCUT2D eigenvalue weighted by molar-refractivity contribution is 5.87. The molecule has 2 aliphatic rings. The highest BCUT2D eigenvalue weighted by Crippen LogP contribution is 2.17. The van der Waals surface area contributed by atoms with Crippen LogP contribution >= 0.6 is 0 Å². The Morgan fingerprint density at radius 3 is 3.05 bits per heavy atom. The molecule has 120 valence electrons. The Bertz CT molecular complexity index is 557. The van der Waals surface area contributed by atoms with Gasteiger partial charge >= 0.3 is 0 Å². The topological polar surface area (TPSA) is 106 Å². The van der Waals surface area contributed by atoms with Crippen molar-refractivity contribution >= 4 is 11.8 Å². The Kier molecular flexibility index (Phi) is 4.37. The van der Waals surface area contributed by atoms with Gasteiger partial charge in [-0.3, -0.25) is 9.59 Å². The zero-order chi connectivity index (χ0) is 15.5. The summed E-state index contributed by atoms with van der Waals surface area (Å²) in [5, 5.41) is 7.45. The molecule has 8 nitrogen and oxygen atoms in total. The van der Waals surface area contributed by atoms with Crippen molar-refractivity contribution in [3.8, 4) is 0 Å². The second kappa shape index (κ2) is 6.43. The Labute approximate surface area is 129 Å². The van der Waals surface area contributed by atoms with Gasteiger partial charge in [0.25, 0.3) is 0 Å². The van der Waals surface area contributed by atoms with Crippen LogP contribution in [-0.2, 0) is 22.6 Å². The summed E-state index contributed by atoms with van der Waals surface area (Å²) in [7, 11) is 0. The molecule has 3 N–H and O–H groups in total. The lowest BCUT2D eigenvalue weighted by atomic mass is 10.0. The van der Waals surface area contributed by atoms with Gasteiger partial charge in [-0.05, 0) is 25.7 Å². The number of nitrogens with one attached hydrogen (secondary N) is 1. The Morgan fingerprint density at radius 1 is 1.36 bits per heavy atom. The minimum atomic E-state index is -0.448. The van der Waals surface area contributed by atoms with Gasteiger partial charge in [0.05, 0.1) is 13.1 Å². The van der Waals surface area contributed by atoms with Crippen LogP contribution in [0.1, 0.15) is 31.5 Å². The smallest absolute Gasteiger partial charge is 0.240 e. The van der Waals surface area contributed by atoms with Gasteiger partial charge in [0, 0.05) is 19.0 Å². The summed E-state index contributed by atoms with van der Waals surface area (Å²) in [4.78, 5) is 29.7. The maximum absolute atomic E-state index is 12.4. The summed E-state index contributed by atoms with van der Waals surface area (Å²) in [6, 6.07) is -0.244. The molecule has 0 saturated carbocycles. The minimum Gasteiger partial charge on any atom is -0.368 e. The molecule has 0 unspecified atom stereocenters. The van der Waals surface area contributed by atoms with Crippen LogP contribution in [0.25, 0.3) is 0 Å². The zero-order valence-corrected chi connectivity index (χ0v) is 12.6. The van der Waals surface area contributed by atoms with E-state index < -0.39 is 11.9 Å². The maximum atomic E-state index is 12.4. The molecule has 2 atom stereocenters. The van der Waals surface area contributed by atoms with E-state index in [1.54, 1.807) is 11.2 Å². The fraction of sp³-hybridized carbons (Fsp3) is 0.714. The molecule has 0 bridgehead atoms. The van der Waals surface area contributed by atoms with Crippen molar-refractivity contribution < 1.29 is 9.59 Å². The highest BCUT2D eigenvalue weighted by Gasteiger charge is 2.30. The van der Waals surface area contributed by atoms with Crippen LogP contribution in [0.2, 0.25) is 0 Å². The number of amides is 2. The average Bonchev–Trinajstić information content (AvgIpc) is 3.00. The first-order valence-corrected chi connectivity index (χ1v) is 7.84. The monoisotopic (exact) mass is 306 g/mol. The predicted molar refractivity (Wildman–Crippen MR) is 78.7 cm³/mol. The summed E-state index contributed by atoms with van der Waals surface area (Å²) in [6.45, 7) is 1.58. The highest BCUT2D eigenvalue weighted by atomic mass is 16.2. The van der Waals surface area contributed by atoms with Crippen LogP contribution in [0.5, 0.6) is 0 Å². The molecule has 2 aliphatic heterocycles. The van der Waals surface area contributed by atoms with Crippen molar-refractivity contribution in [2.45, 2.75) is 50.7 Å². The number of piperidine rings is 1. The van der Waals surface area contributed by atoms with E-state index in [4.69, 9.17) is 5.73 Å². The average molecular weight is 306 g/mol. The standard InChI is InChI=1S/C14H22N6O2/c15-14(22)11-3-1-2-6-19(11)13(21)7-16-10-4-5-12-17-9-18-20(12)8-10/h9-11,16H,1-8H2,(H2,15,22)/t10-,11+/m1/s1. The molecule has 0 radical (unpaired) electrons. The summed E-state index contributed by atoms with van der Waals surface area (Å²) >= 11 is 0. The van der Waals surface area contributed by atoms with E-state index in [9.17, 15) is 9.59 Å². The quantitative estimate of drug-likeness (QED) is 0.746. The number of nitrogens with zero attached hydrogens (tertiary/aromatic N) is 4. The van der Waals surface area contributed by atoms with Gasteiger partial charge in [-0.25, -0.2) is 9.67 Å². The van der Waals surface area contributed by atoms with Crippen molar-refractivity contribution in [2.75, 3.05) is 13.1 Å². The molecule has 3 rings (SSSR count). The molecule has 2 amide bonds. The summed E-state index contributed by atoms with van der Waals surface area (Å²) in [5.74, 6) is 0.542. The van der Waals surface area contributed by atoms with E-state index >= 15 is 0 Å². The fourth-order valence-electron chi connectivity index (χ4n) is 3.26. The SMILES string of the molecule is NC(=O)[C@@H]1CCCCN1C(=O)CN[C@@H]1CCc2ncnn2C1. The molecule has 1 saturated heterocycles. The van der Waals surface area contributed by atoms with Crippen LogP contribution < -0.4 is 11.1 Å². The van der Waals surface area contributed by atoms with Crippen LogP contribution in [0.15, 0.2) is 6.33 Å². The lowest BCUT2D eigenvalue weighted by Gasteiger charge is -2.34. The number of hydrogen-bond donors (Lipinski definition) is 2.